The van der Waals surface area contributed by atoms with Crippen LogP contribution in [-0.4, -0.2) is 34.1 Å². The number of methoxy groups -OCH3 is 1. The summed E-state index contributed by atoms with van der Waals surface area (Å²) in [6.45, 7) is 3.25. The molecular weight excluding hydrogens is 420 g/mol. The first-order valence-electron chi connectivity index (χ1n) is 9.54. The van der Waals surface area contributed by atoms with Gasteiger partial charge >= 0.3 is 0 Å². The number of ether oxygens (including phenoxy) is 1. The van der Waals surface area contributed by atoms with Gasteiger partial charge in [-0.1, -0.05) is 22.9 Å². The zero-order chi connectivity index (χ0) is 21.1. The average Bonchev–Trinajstić information content (AvgIpc) is 3.44. The first kappa shape index (κ1) is 20.4. The molecule has 0 saturated heterocycles. The van der Waals surface area contributed by atoms with Gasteiger partial charge in [0.05, 0.1) is 23.7 Å². The number of halogens is 1. The topological polar surface area (TPSA) is 60.2 Å². The Kier molecular flexibility index (Phi) is 6.01. The number of carbonyl (C=O) groups excluding carboxylic acids is 1. The van der Waals surface area contributed by atoms with Crippen molar-refractivity contribution in [2.75, 3.05) is 18.6 Å². The van der Waals surface area contributed by atoms with Crippen LogP contribution in [0.15, 0.2) is 55.1 Å². The summed E-state index contributed by atoms with van der Waals surface area (Å²) in [6, 6.07) is 11.0. The Morgan fingerprint density at radius 2 is 2.03 bits per heavy atom. The van der Waals surface area contributed by atoms with Crippen molar-refractivity contribution >= 4 is 44.2 Å². The maximum absolute atomic E-state index is 13.4. The second-order valence-electron chi connectivity index (χ2n) is 6.85. The summed E-state index contributed by atoms with van der Waals surface area (Å²) in [5.74, 6) is 0.620. The quantitative estimate of drug-likeness (QED) is 0.396. The van der Waals surface area contributed by atoms with Crippen molar-refractivity contribution in [3.8, 4) is 5.75 Å². The summed E-state index contributed by atoms with van der Waals surface area (Å²) in [4.78, 5) is 24.0. The summed E-state index contributed by atoms with van der Waals surface area (Å²) in [6.07, 6.45) is 6.21. The molecule has 6 nitrogen and oxygen atoms in total. The number of amides is 1. The van der Waals surface area contributed by atoms with E-state index >= 15 is 0 Å². The second-order valence-corrected chi connectivity index (χ2v) is 8.27. The number of fused-ring (bicyclic) bond motifs is 1. The van der Waals surface area contributed by atoms with Gasteiger partial charge in [0, 0.05) is 36.1 Å². The number of thiazole rings is 1. The predicted octanol–water partition coefficient (Wildman–Crippen LogP) is 5.20. The first-order chi connectivity index (χ1) is 14.6. The highest BCUT2D eigenvalue weighted by Gasteiger charge is 2.22. The third-order valence-corrected chi connectivity index (χ3v) is 6.36. The van der Waals surface area contributed by atoms with Crippen LogP contribution >= 0.6 is 22.9 Å². The van der Waals surface area contributed by atoms with E-state index < -0.39 is 0 Å². The van der Waals surface area contributed by atoms with Gasteiger partial charge < -0.3 is 9.30 Å². The van der Waals surface area contributed by atoms with E-state index in [-0.39, 0.29) is 5.91 Å². The minimum atomic E-state index is -0.0916. The van der Waals surface area contributed by atoms with Crippen LogP contribution in [0, 0.1) is 6.92 Å². The van der Waals surface area contributed by atoms with Gasteiger partial charge in [-0.15, -0.1) is 0 Å². The van der Waals surface area contributed by atoms with Crippen molar-refractivity contribution in [2.24, 2.45) is 0 Å². The Hall–Kier alpha value is -2.90. The highest BCUT2D eigenvalue weighted by molar-refractivity contribution is 7.22. The highest BCUT2D eigenvalue weighted by atomic mass is 35.5. The molecule has 30 heavy (non-hydrogen) atoms. The van der Waals surface area contributed by atoms with Crippen molar-refractivity contribution in [3.05, 3.63) is 71.3 Å². The molecule has 154 valence electrons. The van der Waals surface area contributed by atoms with E-state index in [9.17, 15) is 4.79 Å². The lowest BCUT2D eigenvalue weighted by Crippen LogP contribution is -2.32. The fourth-order valence-corrected chi connectivity index (χ4v) is 4.41. The van der Waals surface area contributed by atoms with Gasteiger partial charge in [0.25, 0.3) is 5.91 Å². The molecule has 0 bridgehead atoms. The van der Waals surface area contributed by atoms with Crippen LogP contribution < -0.4 is 9.64 Å². The number of anilines is 1. The number of imidazole rings is 1. The van der Waals surface area contributed by atoms with Gasteiger partial charge in [0.2, 0.25) is 0 Å². The monoisotopic (exact) mass is 440 g/mol. The Labute approximate surface area is 183 Å². The van der Waals surface area contributed by atoms with Crippen LogP contribution in [0.3, 0.4) is 0 Å². The zero-order valence-corrected chi connectivity index (χ0v) is 18.3. The fourth-order valence-electron chi connectivity index (χ4n) is 3.21. The van der Waals surface area contributed by atoms with Crippen LogP contribution in [0.5, 0.6) is 5.75 Å². The zero-order valence-electron chi connectivity index (χ0n) is 16.7. The molecule has 0 aliphatic carbocycles. The largest absolute Gasteiger partial charge is 0.497 e. The van der Waals surface area contributed by atoms with Crippen molar-refractivity contribution in [2.45, 2.75) is 19.9 Å². The van der Waals surface area contributed by atoms with Gasteiger partial charge in [-0.05, 0) is 55.3 Å². The summed E-state index contributed by atoms with van der Waals surface area (Å²) in [7, 11) is 1.60. The number of benzene rings is 2. The molecule has 0 unspecified atom stereocenters. The Balaban J connectivity index is 1.65. The fraction of sp³-hybridized carbons (Fsp3) is 0.227. The lowest BCUT2D eigenvalue weighted by molar-refractivity contribution is 0.0986. The summed E-state index contributed by atoms with van der Waals surface area (Å²) in [5, 5.41) is 1.34. The molecule has 8 heteroatoms. The summed E-state index contributed by atoms with van der Waals surface area (Å²) in [5.41, 5.74) is 2.35. The second kappa shape index (κ2) is 8.85. The number of nitrogens with zero attached hydrogens (tertiary/aromatic N) is 4. The molecule has 0 fully saturated rings. The number of aryl methyl sites for hydroxylation is 2. The van der Waals surface area contributed by atoms with E-state index in [0.717, 1.165) is 28.7 Å². The molecule has 0 spiro atoms. The van der Waals surface area contributed by atoms with E-state index in [2.05, 4.69) is 4.98 Å². The number of hydrogen-bond donors (Lipinski definition) is 0. The van der Waals surface area contributed by atoms with Crippen molar-refractivity contribution in [1.29, 1.82) is 0 Å². The summed E-state index contributed by atoms with van der Waals surface area (Å²) < 4.78 is 8.21. The third-order valence-electron chi connectivity index (χ3n) is 4.91. The number of rotatable bonds is 7. The van der Waals surface area contributed by atoms with Gasteiger partial charge in [0.1, 0.15) is 5.75 Å². The molecule has 0 atom stereocenters. The van der Waals surface area contributed by atoms with E-state index in [1.54, 1.807) is 48.8 Å². The van der Waals surface area contributed by atoms with Gasteiger partial charge in [-0.25, -0.2) is 9.97 Å². The molecule has 0 aliphatic heterocycles. The molecule has 0 N–H and O–H groups in total. The number of aromatic nitrogens is 3. The molecule has 4 rings (SSSR count). The maximum atomic E-state index is 13.4. The van der Waals surface area contributed by atoms with E-state index in [4.69, 9.17) is 21.3 Å². The Bertz CT molecular complexity index is 1160. The van der Waals surface area contributed by atoms with Crippen LogP contribution in [-0.2, 0) is 6.54 Å². The molecule has 0 radical (unpaired) electrons. The highest BCUT2D eigenvalue weighted by Crippen LogP contribution is 2.34. The van der Waals surface area contributed by atoms with E-state index in [1.807, 2.05) is 29.8 Å². The molecule has 1 amide bonds. The normalized spacial score (nSPS) is 11.0. The summed E-state index contributed by atoms with van der Waals surface area (Å²) >= 11 is 7.77. The molecule has 0 aliphatic rings. The average molecular weight is 441 g/mol. The smallest absolute Gasteiger partial charge is 0.260 e. The molecule has 2 aromatic heterocycles. The van der Waals surface area contributed by atoms with Gasteiger partial charge in [-0.3, -0.25) is 9.69 Å². The maximum Gasteiger partial charge on any atom is 0.260 e. The Morgan fingerprint density at radius 3 is 2.73 bits per heavy atom. The van der Waals surface area contributed by atoms with Crippen molar-refractivity contribution < 1.29 is 9.53 Å². The Morgan fingerprint density at radius 1 is 1.23 bits per heavy atom. The predicted molar refractivity (Wildman–Crippen MR) is 121 cm³/mol. The van der Waals surface area contributed by atoms with Crippen LogP contribution in [0.4, 0.5) is 5.13 Å². The molecule has 4 aromatic rings. The minimum Gasteiger partial charge on any atom is -0.497 e. The lowest BCUT2D eigenvalue weighted by atomic mass is 10.2. The molecular formula is C22H21ClN4O2S. The SMILES string of the molecule is COc1ccc(C(=O)N(CCCn2ccnc2)c2nc3c(C)c(Cl)ccc3s2)cc1. The van der Waals surface area contributed by atoms with Gasteiger partial charge in [0.15, 0.2) is 5.13 Å². The van der Waals surface area contributed by atoms with Crippen LogP contribution in [0.2, 0.25) is 5.02 Å². The standard InChI is InChI=1S/C22H21ClN4O2S/c1-15-18(23)8-9-19-20(15)25-22(30-19)27(12-3-11-26-13-10-24-14-26)21(28)16-4-6-17(29-2)7-5-16/h4-10,13-14H,3,11-12H2,1-2H3. The van der Waals surface area contributed by atoms with Gasteiger partial charge in [-0.2, -0.15) is 0 Å². The number of hydrogen-bond acceptors (Lipinski definition) is 5. The minimum absolute atomic E-state index is 0.0916. The van der Waals surface area contributed by atoms with Crippen molar-refractivity contribution in [3.63, 3.8) is 0 Å². The number of carbonyl (C=O) groups is 1. The van der Waals surface area contributed by atoms with E-state index in [0.29, 0.717) is 28.0 Å². The third kappa shape index (κ3) is 4.17. The first-order valence-corrected chi connectivity index (χ1v) is 10.7. The lowest BCUT2D eigenvalue weighted by Gasteiger charge is -2.20. The van der Waals surface area contributed by atoms with Crippen LogP contribution in [0.1, 0.15) is 22.3 Å². The molecule has 2 aromatic carbocycles. The van der Waals surface area contributed by atoms with E-state index in [1.165, 1.54) is 11.3 Å². The van der Waals surface area contributed by atoms with Crippen LogP contribution in [0.25, 0.3) is 10.2 Å². The molecule has 2 heterocycles. The molecule has 0 saturated carbocycles. The van der Waals surface area contributed by atoms with Crippen molar-refractivity contribution in [1.82, 2.24) is 14.5 Å².